The second kappa shape index (κ2) is 5.36. The summed E-state index contributed by atoms with van der Waals surface area (Å²) >= 11 is 0. The number of aromatic hydroxyl groups is 1. The molecule has 0 saturated carbocycles. The van der Waals surface area contributed by atoms with E-state index in [0.717, 1.165) is 0 Å². The Kier molecular flexibility index (Phi) is 4.10. The van der Waals surface area contributed by atoms with Gasteiger partial charge >= 0.3 is 0 Å². The van der Waals surface area contributed by atoms with Gasteiger partial charge in [0.1, 0.15) is 12.0 Å². The third-order valence-electron chi connectivity index (χ3n) is 1.64. The van der Waals surface area contributed by atoms with Crippen LogP contribution in [0.2, 0.25) is 0 Å². The molecule has 0 aliphatic carbocycles. The van der Waals surface area contributed by atoms with Gasteiger partial charge in [-0.15, -0.1) is 0 Å². The molecule has 0 spiro atoms. The van der Waals surface area contributed by atoms with Crippen LogP contribution in [-0.2, 0) is 11.3 Å². The fourth-order valence-electron chi connectivity index (χ4n) is 1.11. The van der Waals surface area contributed by atoms with Crippen molar-refractivity contribution in [3.8, 4) is 5.75 Å². The summed E-state index contributed by atoms with van der Waals surface area (Å²) in [5.41, 5.74) is 1.12. The van der Waals surface area contributed by atoms with Gasteiger partial charge in [-0.25, -0.2) is 0 Å². The molecular formula is C10H12O4. The number of aliphatic hydroxyl groups is 1. The highest BCUT2D eigenvalue weighted by molar-refractivity contribution is 5.75. The highest BCUT2D eigenvalue weighted by Crippen LogP contribution is 2.15. The largest absolute Gasteiger partial charge is 0.508 e. The summed E-state index contributed by atoms with van der Waals surface area (Å²) in [7, 11) is 0. The second-order valence-corrected chi connectivity index (χ2v) is 2.83. The van der Waals surface area contributed by atoms with Gasteiger partial charge in [-0.2, -0.15) is 0 Å². The standard InChI is InChI=1S/C10H12O4/c11-1-2-14-7-9-3-8(6-12)4-10(13)5-9/h3-6,11,13H,1-2,7H2. The fourth-order valence-corrected chi connectivity index (χ4v) is 1.11. The smallest absolute Gasteiger partial charge is 0.150 e. The molecule has 2 N–H and O–H groups in total. The van der Waals surface area contributed by atoms with Gasteiger partial charge in [-0.3, -0.25) is 4.79 Å². The minimum Gasteiger partial charge on any atom is -0.508 e. The van der Waals surface area contributed by atoms with Gasteiger partial charge in [-0.1, -0.05) is 0 Å². The Hall–Kier alpha value is -1.39. The molecule has 0 radical (unpaired) electrons. The summed E-state index contributed by atoms with van der Waals surface area (Å²) in [5.74, 6) is 0.0391. The molecule has 0 bridgehead atoms. The lowest BCUT2D eigenvalue weighted by molar-refractivity contribution is 0.0814. The van der Waals surface area contributed by atoms with Crippen molar-refractivity contribution in [2.24, 2.45) is 0 Å². The zero-order valence-corrected chi connectivity index (χ0v) is 7.64. The molecule has 4 heteroatoms. The molecule has 0 aromatic heterocycles. The molecule has 1 rings (SSSR count). The highest BCUT2D eigenvalue weighted by atomic mass is 16.5. The van der Waals surface area contributed by atoms with E-state index < -0.39 is 0 Å². The number of carbonyl (C=O) groups excluding carboxylic acids is 1. The van der Waals surface area contributed by atoms with E-state index in [1.807, 2.05) is 0 Å². The van der Waals surface area contributed by atoms with Gasteiger partial charge in [0.15, 0.2) is 0 Å². The first-order valence-electron chi connectivity index (χ1n) is 4.23. The summed E-state index contributed by atoms with van der Waals surface area (Å²) in [5, 5.41) is 17.7. The molecule has 0 aliphatic heterocycles. The van der Waals surface area contributed by atoms with Gasteiger partial charge in [0.2, 0.25) is 0 Å². The van der Waals surface area contributed by atoms with Crippen molar-refractivity contribution in [3.05, 3.63) is 29.3 Å². The molecule has 14 heavy (non-hydrogen) atoms. The first-order chi connectivity index (χ1) is 6.76. The van der Waals surface area contributed by atoms with Gasteiger partial charge in [0.05, 0.1) is 19.8 Å². The normalized spacial score (nSPS) is 10.1. The zero-order chi connectivity index (χ0) is 10.4. The molecule has 1 aromatic rings. The van der Waals surface area contributed by atoms with Crippen LogP contribution in [0.4, 0.5) is 0 Å². The lowest BCUT2D eigenvalue weighted by Crippen LogP contribution is -1.99. The molecule has 0 amide bonds. The molecule has 0 heterocycles. The third-order valence-corrected chi connectivity index (χ3v) is 1.64. The summed E-state index contributed by atoms with van der Waals surface area (Å²) < 4.78 is 5.05. The van der Waals surface area contributed by atoms with Crippen LogP contribution in [0.25, 0.3) is 0 Å². The van der Waals surface area contributed by atoms with Crippen LogP contribution in [-0.4, -0.2) is 29.7 Å². The van der Waals surface area contributed by atoms with Crippen molar-refractivity contribution >= 4 is 6.29 Å². The first-order valence-corrected chi connectivity index (χ1v) is 4.23. The molecule has 1 aromatic carbocycles. The minimum atomic E-state index is -0.0423. The Morgan fingerprint density at radius 1 is 1.36 bits per heavy atom. The topological polar surface area (TPSA) is 66.8 Å². The first kappa shape index (κ1) is 10.7. The number of aliphatic hydroxyl groups excluding tert-OH is 1. The van der Waals surface area contributed by atoms with Gasteiger partial charge in [0.25, 0.3) is 0 Å². The van der Waals surface area contributed by atoms with Crippen LogP contribution in [0.3, 0.4) is 0 Å². The van der Waals surface area contributed by atoms with Crippen molar-refractivity contribution in [2.75, 3.05) is 13.2 Å². The van der Waals surface area contributed by atoms with E-state index in [9.17, 15) is 9.90 Å². The predicted molar refractivity (Wildman–Crippen MR) is 50.2 cm³/mol. The van der Waals surface area contributed by atoms with Crippen LogP contribution in [0.1, 0.15) is 15.9 Å². The van der Waals surface area contributed by atoms with Crippen LogP contribution in [0.15, 0.2) is 18.2 Å². The fraction of sp³-hybridized carbons (Fsp3) is 0.300. The Balaban J connectivity index is 2.66. The lowest BCUT2D eigenvalue weighted by atomic mass is 10.1. The summed E-state index contributed by atoms with van der Waals surface area (Å²) in [4.78, 5) is 10.4. The number of phenolic OH excluding ortho intramolecular Hbond substituents is 1. The average molecular weight is 196 g/mol. The molecule has 76 valence electrons. The van der Waals surface area contributed by atoms with Crippen molar-refractivity contribution < 1.29 is 19.7 Å². The van der Waals surface area contributed by atoms with Crippen molar-refractivity contribution in [3.63, 3.8) is 0 Å². The molecule has 0 fully saturated rings. The van der Waals surface area contributed by atoms with E-state index in [0.29, 0.717) is 17.4 Å². The number of ether oxygens (including phenoxy) is 1. The third kappa shape index (κ3) is 3.16. The molecule has 0 unspecified atom stereocenters. The van der Waals surface area contributed by atoms with Gasteiger partial charge in [0, 0.05) is 5.56 Å². The maximum absolute atomic E-state index is 10.4. The number of carbonyl (C=O) groups is 1. The predicted octanol–water partition coefficient (Wildman–Crippen LogP) is 0.714. The number of aldehydes is 1. The summed E-state index contributed by atoms with van der Waals surface area (Å²) in [6, 6.07) is 4.52. The van der Waals surface area contributed by atoms with E-state index in [2.05, 4.69) is 0 Å². The molecular weight excluding hydrogens is 184 g/mol. The number of phenols is 1. The lowest BCUT2D eigenvalue weighted by Gasteiger charge is -2.04. The monoisotopic (exact) mass is 196 g/mol. The van der Waals surface area contributed by atoms with Gasteiger partial charge in [-0.05, 0) is 23.8 Å². The molecule has 0 aliphatic rings. The van der Waals surface area contributed by atoms with Crippen molar-refractivity contribution in [2.45, 2.75) is 6.61 Å². The summed E-state index contributed by atoms with van der Waals surface area (Å²) in [6.07, 6.45) is 0.662. The van der Waals surface area contributed by atoms with Crippen LogP contribution in [0.5, 0.6) is 5.75 Å². The Bertz CT molecular complexity index is 309. The molecule has 4 nitrogen and oxygen atoms in total. The number of hydrogen-bond acceptors (Lipinski definition) is 4. The van der Waals surface area contributed by atoms with Crippen LogP contribution >= 0.6 is 0 Å². The Morgan fingerprint density at radius 3 is 2.79 bits per heavy atom. The van der Waals surface area contributed by atoms with Crippen molar-refractivity contribution in [1.29, 1.82) is 0 Å². The van der Waals surface area contributed by atoms with Crippen molar-refractivity contribution in [1.82, 2.24) is 0 Å². The van der Waals surface area contributed by atoms with E-state index in [-0.39, 0.29) is 25.6 Å². The Morgan fingerprint density at radius 2 is 2.14 bits per heavy atom. The number of hydrogen-bond donors (Lipinski definition) is 2. The van der Waals surface area contributed by atoms with Crippen LogP contribution in [0, 0.1) is 0 Å². The second-order valence-electron chi connectivity index (χ2n) is 2.83. The number of rotatable bonds is 5. The minimum absolute atomic E-state index is 0.0391. The van der Waals surface area contributed by atoms with Crippen LogP contribution < -0.4 is 0 Å². The van der Waals surface area contributed by atoms with Gasteiger partial charge < -0.3 is 14.9 Å². The Labute approximate surface area is 81.8 Å². The van der Waals surface area contributed by atoms with E-state index >= 15 is 0 Å². The van der Waals surface area contributed by atoms with E-state index in [1.165, 1.54) is 12.1 Å². The number of benzene rings is 1. The molecule has 0 saturated heterocycles. The zero-order valence-electron chi connectivity index (χ0n) is 7.64. The van der Waals surface area contributed by atoms with E-state index in [4.69, 9.17) is 9.84 Å². The average Bonchev–Trinajstić information content (AvgIpc) is 2.17. The summed E-state index contributed by atoms with van der Waals surface area (Å²) in [6.45, 7) is 0.473. The highest BCUT2D eigenvalue weighted by Gasteiger charge is 1.99. The SMILES string of the molecule is O=Cc1cc(O)cc(COCCO)c1. The quantitative estimate of drug-likeness (QED) is 0.537. The van der Waals surface area contributed by atoms with E-state index in [1.54, 1.807) is 6.07 Å². The molecule has 0 atom stereocenters. The maximum Gasteiger partial charge on any atom is 0.150 e. The maximum atomic E-state index is 10.4.